The molecule has 2 rings (SSSR count). The smallest absolute Gasteiger partial charge is 0.298 e. The Kier molecular flexibility index (Phi) is 5.43. The summed E-state index contributed by atoms with van der Waals surface area (Å²) >= 11 is 0. The fourth-order valence-corrected chi connectivity index (χ4v) is 2.61. The van der Waals surface area contributed by atoms with Crippen molar-refractivity contribution in [2.75, 3.05) is 6.54 Å². The molecule has 2 aromatic carbocycles. The quantitative estimate of drug-likeness (QED) is 0.791. The lowest BCUT2D eigenvalue weighted by molar-refractivity contribution is -0.118. The lowest BCUT2D eigenvalue weighted by atomic mass is 10.1. The monoisotopic (exact) mass is 319 g/mol. The number of hydrogen-bond acceptors (Lipinski definition) is 5. The topological polar surface area (TPSA) is 72.5 Å². The van der Waals surface area contributed by atoms with Crippen LogP contribution in [0.1, 0.15) is 11.1 Å². The number of benzene rings is 2. The molecule has 0 amide bonds. The van der Waals surface area contributed by atoms with E-state index in [-0.39, 0.29) is 23.6 Å². The van der Waals surface area contributed by atoms with Crippen LogP contribution >= 0.6 is 0 Å². The van der Waals surface area contributed by atoms with Crippen molar-refractivity contribution >= 4 is 15.9 Å². The number of aryl methyl sites for hydroxylation is 1. The molecule has 6 heteroatoms. The van der Waals surface area contributed by atoms with E-state index in [1.54, 1.807) is 12.1 Å². The number of carbonyl (C=O) groups excluding carboxylic acids is 1. The van der Waals surface area contributed by atoms with E-state index in [0.29, 0.717) is 0 Å². The van der Waals surface area contributed by atoms with Gasteiger partial charge < -0.3 is 0 Å². The molecule has 22 heavy (non-hydrogen) atoms. The third-order valence-electron chi connectivity index (χ3n) is 2.99. The van der Waals surface area contributed by atoms with Crippen LogP contribution in [-0.2, 0) is 25.6 Å². The number of Topliss-reactive ketones (excluding diaryl/α,β-unsaturated/α-hetero) is 1. The van der Waals surface area contributed by atoms with Gasteiger partial charge in [0.15, 0.2) is 5.78 Å². The van der Waals surface area contributed by atoms with Gasteiger partial charge in [0, 0.05) is 6.42 Å². The fourth-order valence-electron chi connectivity index (χ4n) is 1.83. The van der Waals surface area contributed by atoms with Gasteiger partial charge in [0.05, 0.1) is 11.4 Å². The van der Waals surface area contributed by atoms with E-state index in [1.165, 1.54) is 12.1 Å². The molecule has 0 fully saturated rings. The van der Waals surface area contributed by atoms with Crippen LogP contribution in [0.4, 0.5) is 0 Å². The molecule has 0 atom stereocenters. The van der Waals surface area contributed by atoms with Crippen LogP contribution in [0.3, 0.4) is 0 Å². The molecular weight excluding hydrogens is 302 g/mol. The molecule has 0 aliphatic heterocycles. The van der Waals surface area contributed by atoms with E-state index in [2.05, 4.69) is 9.76 Å². The van der Waals surface area contributed by atoms with Crippen molar-refractivity contribution in [1.82, 2.24) is 5.48 Å². The van der Waals surface area contributed by atoms with Gasteiger partial charge in [0.25, 0.3) is 0 Å². The van der Waals surface area contributed by atoms with Crippen molar-refractivity contribution in [3.8, 4) is 0 Å². The van der Waals surface area contributed by atoms with Crippen molar-refractivity contribution < 1.29 is 17.5 Å². The van der Waals surface area contributed by atoms with E-state index in [1.807, 2.05) is 37.3 Å². The Morgan fingerprint density at radius 1 is 1.05 bits per heavy atom. The molecule has 0 bridgehead atoms. The minimum absolute atomic E-state index is 0.0427. The highest BCUT2D eigenvalue weighted by Crippen LogP contribution is 2.12. The second-order valence-corrected chi connectivity index (χ2v) is 6.42. The highest BCUT2D eigenvalue weighted by atomic mass is 32.2. The highest BCUT2D eigenvalue weighted by molar-refractivity contribution is 7.86. The van der Waals surface area contributed by atoms with Crippen molar-refractivity contribution in [2.45, 2.75) is 18.2 Å². The molecule has 0 aliphatic carbocycles. The zero-order valence-corrected chi connectivity index (χ0v) is 13.0. The van der Waals surface area contributed by atoms with Gasteiger partial charge in [0.1, 0.15) is 0 Å². The zero-order valence-electron chi connectivity index (χ0n) is 12.2. The highest BCUT2D eigenvalue weighted by Gasteiger charge is 2.15. The van der Waals surface area contributed by atoms with E-state index >= 15 is 0 Å². The molecule has 0 spiro atoms. The van der Waals surface area contributed by atoms with Crippen LogP contribution in [-0.4, -0.2) is 20.7 Å². The van der Waals surface area contributed by atoms with Gasteiger partial charge in [-0.05, 0) is 24.6 Å². The maximum atomic E-state index is 11.9. The summed E-state index contributed by atoms with van der Waals surface area (Å²) in [6, 6.07) is 15.5. The largest absolute Gasteiger partial charge is 0.312 e. The Balaban J connectivity index is 1.85. The third-order valence-corrected chi connectivity index (χ3v) is 4.18. The van der Waals surface area contributed by atoms with E-state index in [9.17, 15) is 13.2 Å². The first-order valence-electron chi connectivity index (χ1n) is 6.76. The van der Waals surface area contributed by atoms with Crippen LogP contribution in [0.25, 0.3) is 0 Å². The van der Waals surface area contributed by atoms with Crippen molar-refractivity contribution in [2.24, 2.45) is 0 Å². The molecular formula is C16H17NO4S. The summed E-state index contributed by atoms with van der Waals surface area (Å²) in [5.41, 5.74) is 4.04. The Bertz CT molecular complexity index is 725. The third kappa shape index (κ3) is 4.77. The first-order chi connectivity index (χ1) is 10.5. The van der Waals surface area contributed by atoms with Gasteiger partial charge >= 0.3 is 10.1 Å². The number of rotatable bonds is 7. The molecule has 0 unspecified atom stereocenters. The van der Waals surface area contributed by atoms with Crippen LogP contribution < -0.4 is 5.48 Å². The average molecular weight is 319 g/mol. The lowest BCUT2D eigenvalue weighted by Gasteiger charge is -2.06. The normalized spacial score (nSPS) is 11.3. The van der Waals surface area contributed by atoms with Gasteiger partial charge in [-0.1, -0.05) is 48.0 Å². The summed E-state index contributed by atoms with van der Waals surface area (Å²) < 4.78 is 28.4. The zero-order chi connectivity index (χ0) is 16.0. The second kappa shape index (κ2) is 7.31. The standard InChI is InChI=1S/C16H17NO4S/c1-13-7-9-16(10-8-13)22(19,20)21-17-12-15(18)11-14-5-3-2-4-6-14/h2-10,17H,11-12H2,1H3. The summed E-state index contributed by atoms with van der Waals surface area (Å²) in [5.74, 6) is -0.162. The molecule has 116 valence electrons. The first-order valence-corrected chi connectivity index (χ1v) is 8.17. The van der Waals surface area contributed by atoms with Gasteiger partial charge in [-0.15, -0.1) is 0 Å². The number of hydrogen-bond donors (Lipinski definition) is 1. The Labute approximate surface area is 130 Å². The summed E-state index contributed by atoms with van der Waals surface area (Å²) in [7, 11) is -3.91. The number of carbonyl (C=O) groups is 1. The van der Waals surface area contributed by atoms with Gasteiger partial charge in [0.2, 0.25) is 0 Å². The molecule has 0 radical (unpaired) electrons. The predicted octanol–water partition coefficient (Wildman–Crippen LogP) is 2.02. The second-order valence-electron chi connectivity index (χ2n) is 4.87. The van der Waals surface area contributed by atoms with E-state index < -0.39 is 10.1 Å². The fraction of sp³-hybridized carbons (Fsp3) is 0.188. The van der Waals surface area contributed by atoms with Crippen molar-refractivity contribution in [1.29, 1.82) is 0 Å². The lowest BCUT2D eigenvalue weighted by Crippen LogP contribution is -2.27. The average Bonchev–Trinajstić information content (AvgIpc) is 2.48. The van der Waals surface area contributed by atoms with Crippen molar-refractivity contribution in [3.05, 3.63) is 65.7 Å². The minimum Gasteiger partial charge on any atom is -0.298 e. The summed E-state index contributed by atoms with van der Waals surface area (Å²) in [6.07, 6.45) is 0.224. The maximum absolute atomic E-state index is 11.9. The molecule has 5 nitrogen and oxygen atoms in total. The van der Waals surface area contributed by atoms with E-state index in [0.717, 1.165) is 11.1 Å². The molecule has 0 heterocycles. The Morgan fingerprint density at radius 2 is 1.68 bits per heavy atom. The Morgan fingerprint density at radius 3 is 2.32 bits per heavy atom. The van der Waals surface area contributed by atoms with Gasteiger partial charge in [-0.2, -0.15) is 18.2 Å². The number of ketones is 1. The molecule has 1 N–H and O–H groups in total. The Hall–Kier alpha value is -2.02. The minimum atomic E-state index is -3.91. The summed E-state index contributed by atoms with van der Waals surface area (Å²) in [4.78, 5) is 11.8. The van der Waals surface area contributed by atoms with Crippen LogP contribution in [0.15, 0.2) is 59.5 Å². The molecule has 0 aromatic heterocycles. The number of nitrogens with one attached hydrogen (secondary N) is 1. The SMILES string of the molecule is Cc1ccc(S(=O)(=O)ONCC(=O)Cc2ccccc2)cc1. The van der Waals surface area contributed by atoms with Crippen LogP contribution in [0.5, 0.6) is 0 Å². The van der Waals surface area contributed by atoms with Crippen molar-refractivity contribution in [3.63, 3.8) is 0 Å². The van der Waals surface area contributed by atoms with Gasteiger partial charge in [-0.3, -0.25) is 4.79 Å². The first kappa shape index (κ1) is 16.4. The van der Waals surface area contributed by atoms with Crippen LogP contribution in [0, 0.1) is 6.92 Å². The molecule has 0 saturated carbocycles. The summed E-state index contributed by atoms with van der Waals surface area (Å²) in [6.45, 7) is 1.68. The summed E-state index contributed by atoms with van der Waals surface area (Å²) in [5, 5.41) is 0. The van der Waals surface area contributed by atoms with Crippen LogP contribution in [0.2, 0.25) is 0 Å². The van der Waals surface area contributed by atoms with Gasteiger partial charge in [-0.25, -0.2) is 0 Å². The molecule has 0 aliphatic rings. The van der Waals surface area contributed by atoms with E-state index in [4.69, 9.17) is 0 Å². The molecule has 0 saturated heterocycles. The molecule has 2 aromatic rings. The maximum Gasteiger partial charge on any atom is 0.312 e. The number of hydroxylamine groups is 1. The predicted molar refractivity (Wildman–Crippen MR) is 82.6 cm³/mol.